The number of Topliss-reactive ketones (excluding diaryl/α,β-unsaturated/α-hetero) is 1. The van der Waals surface area contributed by atoms with E-state index in [2.05, 4.69) is 11.1 Å². The van der Waals surface area contributed by atoms with Gasteiger partial charge < -0.3 is 0 Å². The summed E-state index contributed by atoms with van der Waals surface area (Å²) in [6.07, 6.45) is 7.26. The lowest BCUT2D eigenvalue weighted by Gasteiger charge is -2.10. The van der Waals surface area contributed by atoms with Gasteiger partial charge in [-0.2, -0.15) is 0 Å². The summed E-state index contributed by atoms with van der Waals surface area (Å²) in [5.41, 5.74) is 1.92. The highest BCUT2D eigenvalue weighted by atomic mass is 16.1. The number of nitrogens with zero attached hydrogens (tertiary/aromatic N) is 1. The van der Waals surface area contributed by atoms with Crippen molar-refractivity contribution in [3.8, 4) is 0 Å². The Hall–Kier alpha value is -1.44. The monoisotopic (exact) mass is 187 g/mol. The molecule has 0 saturated carbocycles. The third kappa shape index (κ3) is 2.08. The zero-order valence-electron chi connectivity index (χ0n) is 8.07. The molecule has 0 aromatic carbocycles. The Morgan fingerprint density at radius 3 is 3.00 bits per heavy atom. The third-order valence-electron chi connectivity index (χ3n) is 2.45. The number of carbonyl (C=O) groups is 1. The van der Waals surface area contributed by atoms with Crippen LogP contribution in [-0.4, -0.2) is 10.8 Å². The van der Waals surface area contributed by atoms with Crippen LogP contribution in [0.3, 0.4) is 0 Å². The van der Waals surface area contributed by atoms with E-state index in [1.165, 1.54) is 0 Å². The molecule has 14 heavy (non-hydrogen) atoms. The summed E-state index contributed by atoms with van der Waals surface area (Å²) in [4.78, 5) is 15.7. The average Bonchev–Trinajstić information content (AvgIpc) is 2.23. The molecule has 1 aromatic heterocycles. The largest absolute Gasteiger partial charge is 0.295 e. The van der Waals surface area contributed by atoms with E-state index < -0.39 is 0 Å². The average molecular weight is 187 g/mol. The lowest BCUT2D eigenvalue weighted by atomic mass is 9.95. The van der Waals surface area contributed by atoms with E-state index in [1.807, 2.05) is 18.2 Å². The molecule has 0 fully saturated rings. The zero-order valence-corrected chi connectivity index (χ0v) is 8.07. The van der Waals surface area contributed by atoms with Gasteiger partial charge in [0, 0.05) is 24.7 Å². The van der Waals surface area contributed by atoms with Crippen LogP contribution >= 0.6 is 0 Å². The third-order valence-corrected chi connectivity index (χ3v) is 2.45. The Morgan fingerprint density at radius 2 is 2.29 bits per heavy atom. The van der Waals surface area contributed by atoms with Gasteiger partial charge in [-0.05, 0) is 30.5 Å². The fourth-order valence-corrected chi connectivity index (χ4v) is 1.68. The van der Waals surface area contributed by atoms with Gasteiger partial charge in [0.2, 0.25) is 0 Å². The van der Waals surface area contributed by atoms with Crippen LogP contribution in [-0.2, 0) is 11.2 Å². The number of hydrogen-bond donors (Lipinski definition) is 0. The van der Waals surface area contributed by atoms with Crippen molar-refractivity contribution in [2.75, 3.05) is 0 Å². The predicted molar refractivity (Wildman–Crippen MR) is 54.9 cm³/mol. The maximum Gasteiger partial charge on any atom is 0.158 e. The van der Waals surface area contributed by atoms with Gasteiger partial charge in [0.05, 0.1) is 0 Å². The van der Waals surface area contributed by atoms with Crippen LogP contribution in [0.25, 0.3) is 0 Å². The van der Waals surface area contributed by atoms with E-state index in [4.69, 9.17) is 0 Å². The summed E-state index contributed by atoms with van der Waals surface area (Å²) >= 11 is 0. The molecule has 0 spiro atoms. The number of hydrogen-bond acceptors (Lipinski definition) is 2. The Bertz CT molecular complexity index is 354. The molecular formula is C12H13NO. The van der Waals surface area contributed by atoms with E-state index in [9.17, 15) is 4.79 Å². The molecule has 0 unspecified atom stereocenters. The molecule has 1 aromatic rings. The van der Waals surface area contributed by atoms with Crippen LogP contribution in [0.1, 0.15) is 25.0 Å². The van der Waals surface area contributed by atoms with Crippen molar-refractivity contribution < 1.29 is 4.79 Å². The highest BCUT2D eigenvalue weighted by molar-refractivity contribution is 5.96. The SMILES string of the molecule is O=C1CCCC=C1Cc1ccccn1. The fraction of sp³-hybridized carbons (Fsp3) is 0.333. The van der Waals surface area contributed by atoms with Gasteiger partial charge in [-0.25, -0.2) is 0 Å². The number of carbonyl (C=O) groups excluding carboxylic acids is 1. The standard InChI is InChI=1S/C12H13NO/c14-12-7-2-1-5-10(12)9-11-6-3-4-8-13-11/h3-6,8H,1-2,7,9H2. The molecule has 0 amide bonds. The summed E-state index contributed by atoms with van der Waals surface area (Å²) in [5.74, 6) is 0.293. The van der Waals surface area contributed by atoms with Gasteiger partial charge in [0.25, 0.3) is 0 Å². The van der Waals surface area contributed by atoms with Crippen molar-refractivity contribution in [1.29, 1.82) is 0 Å². The molecule has 0 aliphatic heterocycles. The number of pyridine rings is 1. The second kappa shape index (κ2) is 4.18. The first-order valence-corrected chi connectivity index (χ1v) is 4.98. The molecule has 0 radical (unpaired) electrons. The van der Waals surface area contributed by atoms with Crippen LogP contribution in [0.4, 0.5) is 0 Å². The van der Waals surface area contributed by atoms with Crippen molar-refractivity contribution in [2.45, 2.75) is 25.7 Å². The number of allylic oxidation sites excluding steroid dienone is 2. The summed E-state index contributed by atoms with van der Waals surface area (Å²) in [6.45, 7) is 0. The molecule has 72 valence electrons. The Labute approximate surface area is 83.7 Å². The second-order valence-electron chi connectivity index (χ2n) is 3.54. The normalized spacial score (nSPS) is 16.6. The van der Waals surface area contributed by atoms with Gasteiger partial charge >= 0.3 is 0 Å². The molecule has 0 bridgehead atoms. The minimum atomic E-state index is 0.293. The first kappa shape index (κ1) is 9.13. The fourth-order valence-electron chi connectivity index (χ4n) is 1.68. The first-order chi connectivity index (χ1) is 6.86. The quantitative estimate of drug-likeness (QED) is 0.711. The van der Waals surface area contributed by atoms with E-state index >= 15 is 0 Å². The van der Waals surface area contributed by atoms with Crippen molar-refractivity contribution in [3.05, 3.63) is 41.7 Å². The second-order valence-corrected chi connectivity index (χ2v) is 3.54. The molecule has 0 saturated heterocycles. The highest BCUT2D eigenvalue weighted by Crippen LogP contribution is 2.17. The zero-order chi connectivity index (χ0) is 9.80. The van der Waals surface area contributed by atoms with Crippen LogP contribution < -0.4 is 0 Å². The molecule has 1 heterocycles. The van der Waals surface area contributed by atoms with Gasteiger partial charge in [-0.1, -0.05) is 12.1 Å². The van der Waals surface area contributed by atoms with Gasteiger partial charge in [-0.15, -0.1) is 0 Å². The predicted octanol–water partition coefficient (Wildman–Crippen LogP) is 2.30. The van der Waals surface area contributed by atoms with Crippen molar-refractivity contribution >= 4 is 5.78 Å². The van der Waals surface area contributed by atoms with Gasteiger partial charge in [-0.3, -0.25) is 9.78 Å². The van der Waals surface area contributed by atoms with E-state index in [1.54, 1.807) is 6.20 Å². The molecule has 0 N–H and O–H groups in total. The molecule has 1 aliphatic carbocycles. The first-order valence-electron chi connectivity index (χ1n) is 4.98. The summed E-state index contributed by atoms with van der Waals surface area (Å²) in [7, 11) is 0. The van der Waals surface area contributed by atoms with E-state index in [0.717, 1.165) is 24.1 Å². The van der Waals surface area contributed by atoms with E-state index in [0.29, 0.717) is 18.6 Å². The lowest BCUT2D eigenvalue weighted by molar-refractivity contribution is -0.116. The molecule has 2 rings (SSSR count). The smallest absolute Gasteiger partial charge is 0.158 e. The van der Waals surface area contributed by atoms with Gasteiger partial charge in [0.1, 0.15) is 0 Å². The maximum atomic E-state index is 11.5. The Balaban J connectivity index is 2.11. The topological polar surface area (TPSA) is 30.0 Å². The molecule has 1 aliphatic rings. The number of rotatable bonds is 2. The lowest BCUT2D eigenvalue weighted by Crippen LogP contribution is -2.09. The Kier molecular flexibility index (Phi) is 2.73. The maximum absolute atomic E-state index is 11.5. The number of aromatic nitrogens is 1. The minimum Gasteiger partial charge on any atom is -0.295 e. The van der Waals surface area contributed by atoms with Crippen molar-refractivity contribution in [2.24, 2.45) is 0 Å². The number of ketones is 1. The van der Waals surface area contributed by atoms with Gasteiger partial charge in [0.15, 0.2) is 5.78 Å². The minimum absolute atomic E-state index is 0.293. The van der Waals surface area contributed by atoms with Crippen LogP contribution in [0.2, 0.25) is 0 Å². The van der Waals surface area contributed by atoms with Crippen molar-refractivity contribution in [1.82, 2.24) is 4.98 Å². The molecule has 2 heteroatoms. The van der Waals surface area contributed by atoms with Crippen molar-refractivity contribution in [3.63, 3.8) is 0 Å². The van der Waals surface area contributed by atoms with E-state index in [-0.39, 0.29) is 0 Å². The highest BCUT2D eigenvalue weighted by Gasteiger charge is 2.13. The molecule has 2 nitrogen and oxygen atoms in total. The summed E-state index contributed by atoms with van der Waals surface area (Å²) in [5, 5.41) is 0. The van der Waals surface area contributed by atoms with Crippen LogP contribution in [0.15, 0.2) is 36.0 Å². The molecular weight excluding hydrogens is 174 g/mol. The summed E-state index contributed by atoms with van der Waals surface area (Å²) in [6, 6.07) is 5.81. The molecule has 0 atom stereocenters. The Morgan fingerprint density at radius 1 is 1.36 bits per heavy atom. The van der Waals surface area contributed by atoms with Crippen LogP contribution in [0, 0.1) is 0 Å². The van der Waals surface area contributed by atoms with Crippen LogP contribution in [0.5, 0.6) is 0 Å². The summed E-state index contributed by atoms with van der Waals surface area (Å²) < 4.78 is 0.